The summed E-state index contributed by atoms with van der Waals surface area (Å²) in [6.07, 6.45) is 5.41. The van der Waals surface area contributed by atoms with Crippen LogP contribution < -0.4 is 5.32 Å². The maximum Gasteiger partial charge on any atom is 0.0492 e. The maximum atomic E-state index is 4.18. The van der Waals surface area contributed by atoms with Gasteiger partial charge in [-0.15, -0.1) is 0 Å². The lowest BCUT2D eigenvalue weighted by atomic mass is 9.84. The van der Waals surface area contributed by atoms with E-state index in [4.69, 9.17) is 0 Å². The Bertz CT molecular complexity index is 309. The zero-order chi connectivity index (χ0) is 12.2. The van der Waals surface area contributed by atoms with Crippen molar-refractivity contribution in [2.24, 2.45) is 12.5 Å². The first-order valence-corrected chi connectivity index (χ1v) is 6.09. The zero-order valence-electron chi connectivity index (χ0n) is 11.2. The Kier molecular flexibility index (Phi) is 4.54. The van der Waals surface area contributed by atoms with Crippen molar-refractivity contribution in [1.29, 1.82) is 0 Å². The Balaban J connectivity index is 2.37. The molecule has 0 aliphatic carbocycles. The lowest BCUT2D eigenvalue weighted by Crippen LogP contribution is -2.37. The first-order valence-electron chi connectivity index (χ1n) is 6.09. The molecule has 3 nitrogen and oxygen atoms in total. The average molecular weight is 223 g/mol. The van der Waals surface area contributed by atoms with Crippen molar-refractivity contribution < 1.29 is 0 Å². The highest BCUT2D eigenvalue weighted by Gasteiger charge is 2.22. The van der Waals surface area contributed by atoms with Crippen molar-refractivity contribution in [2.45, 2.75) is 46.1 Å². The number of rotatable bonds is 5. The monoisotopic (exact) mass is 223 g/mol. The van der Waals surface area contributed by atoms with E-state index in [1.807, 2.05) is 17.9 Å². The molecular weight excluding hydrogens is 198 g/mol. The van der Waals surface area contributed by atoms with Gasteiger partial charge in [-0.3, -0.25) is 4.68 Å². The molecule has 1 aromatic heterocycles. The molecule has 3 heteroatoms. The Morgan fingerprint density at radius 1 is 1.44 bits per heavy atom. The molecule has 1 rings (SSSR count). The van der Waals surface area contributed by atoms with Crippen LogP contribution in [0.5, 0.6) is 0 Å². The first kappa shape index (κ1) is 13.2. The van der Waals surface area contributed by atoms with Crippen molar-refractivity contribution in [3.8, 4) is 0 Å². The van der Waals surface area contributed by atoms with E-state index in [-0.39, 0.29) is 0 Å². The van der Waals surface area contributed by atoms with Gasteiger partial charge < -0.3 is 5.32 Å². The van der Waals surface area contributed by atoms with Gasteiger partial charge in [0.2, 0.25) is 0 Å². The van der Waals surface area contributed by atoms with Crippen LogP contribution >= 0.6 is 0 Å². The predicted molar refractivity (Wildman–Crippen MR) is 68.4 cm³/mol. The quantitative estimate of drug-likeness (QED) is 0.830. The highest BCUT2D eigenvalue weighted by molar-refractivity contribution is 4.99. The molecular formula is C13H25N3. The van der Waals surface area contributed by atoms with Gasteiger partial charge in [0.1, 0.15) is 0 Å². The average Bonchev–Trinajstić information content (AvgIpc) is 2.57. The fourth-order valence-corrected chi connectivity index (χ4v) is 2.14. The molecule has 0 aromatic carbocycles. The minimum absolute atomic E-state index is 0.335. The number of aromatic nitrogens is 2. The summed E-state index contributed by atoms with van der Waals surface area (Å²) in [6.45, 7) is 6.87. The van der Waals surface area contributed by atoms with Gasteiger partial charge in [0, 0.05) is 25.0 Å². The highest BCUT2D eigenvalue weighted by Crippen LogP contribution is 2.23. The van der Waals surface area contributed by atoms with E-state index in [0.717, 1.165) is 6.42 Å². The summed E-state index contributed by atoms with van der Waals surface area (Å²) < 4.78 is 1.96. The topological polar surface area (TPSA) is 29.9 Å². The van der Waals surface area contributed by atoms with Crippen LogP contribution in [0.4, 0.5) is 0 Å². The second kappa shape index (κ2) is 5.48. The third kappa shape index (κ3) is 3.63. The molecule has 0 aliphatic rings. The number of hydrogen-bond acceptors (Lipinski definition) is 2. The van der Waals surface area contributed by atoms with Crippen molar-refractivity contribution >= 4 is 0 Å². The van der Waals surface area contributed by atoms with Gasteiger partial charge in [-0.1, -0.05) is 20.8 Å². The van der Waals surface area contributed by atoms with Gasteiger partial charge in [0.05, 0.1) is 0 Å². The van der Waals surface area contributed by atoms with E-state index in [1.54, 1.807) is 0 Å². The summed E-state index contributed by atoms with van der Waals surface area (Å²) in [5.41, 5.74) is 1.66. The Morgan fingerprint density at radius 3 is 2.56 bits per heavy atom. The molecule has 1 heterocycles. The number of nitrogens with zero attached hydrogens (tertiary/aromatic N) is 2. The SMILES string of the molecule is CNC(CCCc1ccnn1C)C(C)(C)C. The summed E-state index contributed by atoms with van der Waals surface area (Å²) in [4.78, 5) is 0. The van der Waals surface area contributed by atoms with Crippen LogP contribution in [0.2, 0.25) is 0 Å². The van der Waals surface area contributed by atoms with Gasteiger partial charge in [-0.2, -0.15) is 5.10 Å². The Morgan fingerprint density at radius 2 is 2.12 bits per heavy atom. The minimum Gasteiger partial charge on any atom is -0.316 e. The predicted octanol–water partition coefficient (Wildman–Crippen LogP) is 2.38. The van der Waals surface area contributed by atoms with Crippen LogP contribution in [0.15, 0.2) is 12.3 Å². The van der Waals surface area contributed by atoms with Crippen LogP contribution in [0.1, 0.15) is 39.3 Å². The van der Waals surface area contributed by atoms with E-state index in [2.05, 4.69) is 44.3 Å². The second-order valence-corrected chi connectivity index (χ2v) is 5.55. The summed E-state index contributed by atoms with van der Waals surface area (Å²) in [5, 5.41) is 7.60. The standard InChI is InChI=1S/C13H25N3/c1-13(2,3)12(14-4)8-6-7-11-9-10-15-16(11)5/h9-10,12,14H,6-8H2,1-5H3. The molecule has 0 fully saturated rings. The molecule has 1 N–H and O–H groups in total. The summed E-state index contributed by atoms with van der Waals surface area (Å²) in [6, 6.07) is 2.69. The molecule has 92 valence electrons. The van der Waals surface area contributed by atoms with Crippen LogP contribution in [0, 0.1) is 5.41 Å². The molecule has 0 aliphatic heterocycles. The molecule has 0 saturated heterocycles. The largest absolute Gasteiger partial charge is 0.316 e. The normalized spacial score (nSPS) is 14.1. The third-order valence-electron chi connectivity index (χ3n) is 3.24. The van der Waals surface area contributed by atoms with Crippen molar-refractivity contribution in [3.05, 3.63) is 18.0 Å². The van der Waals surface area contributed by atoms with Crippen molar-refractivity contribution in [2.75, 3.05) is 7.05 Å². The number of nitrogens with one attached hydrogen (secondary N) is 1. The zero-order valence-corrected chi connectivity index (χ0v) is 11.2. The number of hydrogen-bond donors (Lipinski definition) is 1. The van der Waals surface area contributed by atoms with Gasteiger partial charge in [-0.05, 0) is 37.8 Å². The van der Waals surface area contributed by atoms with Gasteiger partial charge in [0.15, 0.2) is 0 Å². The van der Waals surface area contributed by atoms with Crippen LogP contribution in [0.3, 0.4) is 0 Å². The van der Waals surface area contributed by atoms with E-state index in [0.29, 0.717) is 11.5 Å². The Hall–Kier alpha value is -0.830. The molecule has 16 heavy (non-hydrogen) atoms. The fourth-order valence-electron chi connectivity index (χ4n) is 2.14. The minimum atomic E-state index is 0.335. The maximum absolute atomic E-state index is 4.18. The van der Waals surface area contributed by atoms with Gasteiger partial charge in [0.25, 0.3) is 0 Å². The molecule has 1 aromatic rings. The van der Waals surface area contributed by atoms with E-state index < -0.39 is 0 Å². The van der Waals surface area contributed by atoms with Crippen molar-refractivity contribution in [1.82, 2.24) is 15.1 Å². The molecule has 0 spiro atoms. The number of aryl methyl sites for hydroxylation is 2. The lowest BCUT2D eigenvalue weighted by molar-refractivity contribution is 0.263. The van der Waals surface area contributed by atoms with E-state index in [1.165, 1.54) is 18.5 Å². The molecule has 0 amide bonds. The molecule has 1 unspecified atom stereocenters. The molecule has 0 radical (unpaired) electrons. The Labute approximate surface area is 99.2 Å². The van der Waals surface area contributed by atoms with E-state index >= 15 is 0 Å². The smallest absolute Gasteiger partial charge is 0.0492 e. The van der Waals surface area contributed by atoms with Crippen molar-refractivity contribution in [3.63, 3.8) is 0 Å². The van der Waals surface area contributed by atoms with Gasteiger partial charge >= 0.3 is 0 Å². The van der Waals surface area contributed by atoms with E-state index in [9.17, 15) is 0 Å². The van der Waals surface area contributed by atoms with Crippen LogP contribution in [-0.2, 0) is 13.5 Å². The molecule has 0 bridgehead atoms. The van der Waals surface area contributed by atoms with Crippen LogP contribution in [0.25, 0.3) is 0 Å². The third-order valence-corrected chi connectivity index (χ3v) is 3.24. The first-order chi connectivity index (χ1) is 7.45. The van der Waals surface area contributed by atoms with Gasteiger partial charge in [-0.25, -0.2) is 0 Å². The summed E-state index contributed by atoms with van der Waals surface area (Å²) in [5.74, 6) is 0. The molecule has 0 saturated carbocycles. The highest BCUT2D eigenvalue weighted by atomic mass is 15.2. The summed E-state index contributed by atoms with van der Waals surface area (Å²) in [7, 11) is 4.06. The van der Waals surface area contributed by atoms with Crippen LogP contribution in [-0.4, -0.2) is 22.9 Å². The lowest BCUT2D eigenvalue weighted by Gasteiger charge is -2.30. The second-order valence-electron chi connectivity index (χ2n) is 5.55. The fraction of sp³-hybridized carbons (Fsp3) is 0.769. The molecule has 1 atom stereocenters. The summed E-state index contributed by atoms with van der Waals surface area (Å²) >= 11 is 0.